The van der Waals surface area contributed by atoms with Crippen molar-refractivity contribution in [1.82, 2.24) is 14.0 Å². The maximum Gasteiger partial charge on any atom is 0.329 e. The number of phenolic OH excluding ortho intramolecular Hbond substituents is 1. The number of carbonyl (C=O) groups is 1. The number of rotatable bonds is 6. The lowest BCUT2D eigenvalue weighted by Gasteiger charge is -2.36. The first kappa shape index (κ1) is 20.1. The first-order valence-corrected chi connectivity index (χ1v) is 10.6. The fourth-order valence-electron chi connectivity index (χ4n) is 4.20. The van der Waals surface area contributed by atoms with Crippen molar-refractivity contribution in [2.75, 3.05) is 31.1 Å². The highest BCUT2D eigenvalue weighted by Gasteiger charge is 2.22. The number of para-hydroxylation sites is 2. The number of fused-ring (bicyclic) bond motifs is 1. The van der Waals surface area contributed by atoms with Gasteiger partial charge in [0.15, 0.2) is 0 Å². The second-order valence-corrected chi connectivity index (χ2v) is 7.71. The first-order valence-electron chi connectivity index (χ1n) is 10.6. The molecule has 0 spiro atoms. The number of imidazole rings is 1. The quantitative estimate of drug-likeness (QED) is 0.681. The number of piperazine rings is 1. The van der Waals surface area contributed by atoms with Crippen LogP contribution in [0.25, 0.3) is 11.0 Å². The predicted octanol–water partition coefficient (Wildman–Crippen LogP) is 2.66. The van der Waals surface area contributed by atoms with Crippen LogP contribution >= 0.6 is 0 Å². The number of phenols is 1. The molecular weight excluding hydrogens is 380 g/mol. The summed E-state index contributed by atoms with van der Waals surface area (Å²) >= 11 is 0. The number of aromatic hydroxyl groups is 1. The Balaban J connectivity index is 1.40. The molecule has 3 aromatic rings. The zero-order valence-corrected chi connectivity index (χ0v) is 17.3. The molecular formula is C23H28N4O3. The first-order chi connectivity index (χ1) is 14.6. The summed E-state index contributed by atoms with van der Waals surface area (Å²) in [6, 6.07) is 15.0. The van der Waals surface area contributed by atoms with Crippen LogP contribution in [0.15, 0.2) is 53.3 Å². The summed E-state index contributed by atoms with van der Waals surface area (Å²) in [6.07, 6.45) is 1.20. The predicted molar refractivity (Wildman–Crippen MR) is 118 cm³/mol. The average Bonchev–Trinajstić information content (AvgIpc) is 3.03. The number of aryl methyl sites for hydroxylation is 2. The van der Waals surface area contributed by atoms with E-state index in [-0.39, 0.29) is 17.3 Å². The Morgan fingerprint density at radius 3 is 2.23 bits per heavy atom. The third-order valence-corrected chi connectivity index (χ3v) is 5.75. The van der Waals surface area contributed by atoms with E-state index < -0.39 is 0 Å². The maximum atomic E-state index is 12.9. The van der Waals surface area contributed by atoms with Crippen molar-refractivity contribution in [1.29, 1.82) is 0 Å². The number of benzene rings is 2. The molecule has 158 valence electrons. The van der Waals surface area contributed by atoms with Gasteiger partial charge in [0.2, 0.25) is 5.91 Å². The number of anilines is 1. The fourth-order valence-corrected chi connectivity index (χ4v) is 4.20. The molecule has 4 rings (SSSR count). The molecule has 1 fully saturated rings. The molecule has 7 heteroatoms. The third kappa shape index (κ3) is 3.92. The van der Waals surface area contributed by atoms with Crippen LogP contribution in [0.4, 0.5) is 5.69 Å². The summed E-state index contributed by atoms with van der Waals surface area (Å²) in [5, 5.41) is 9.67. The Morgan fingerprint density at radius 1 is 0.933 bits per heavy atom. The lowest BCUT2D eigenvalue weighted by molar-refractivity contribution is -0.131. The lowest BCUT2D eigenvalue weighted by Crippen LogP contribution is -2.49. The van der Waals surface area contributed by atoms with Gasteiger partial charge >= 0.3 is 5.69 Å². The number of aromatic nitrogens is 2. The number of hydrogen-bond donors (Lipinski definition) is 1. The monoisotopic (exact) mass is 408 g/mol. The van der Waals surface area contributed by atoms with Gasteiger partial charge in [-0.05, 0) is 30.7 Å². The van der Waals surface area contributed by atoms with E-state index in [4.69, 9.17) is 0 Å². The SMILES string of the molecule is CCCn1c(=O)n(CCC(=O)N2CCN(c3cccc(O)c3)CC2)c2ccccc21. The molecule has 0 atom stereocenters. The minimum absolute atomic E-state index is 0.0421. The van der Waals surface area contributed by atoms with Crippen LogP contribution in [0.5, 0.6) is 5.75 Å². The second kappa shape index (κ2) is 8.65. The molecule has 2 heterocycles. The van der Waals surface area contributed by atoms with E-state index >= 15 is 0 Å². The van der Waals surface area contributed by atoms with E-state index in [0.717, 1.165) is 36.2 Å². The maximum absolute atomic E-state index is 12.9. The molecule has 0 saturated carbocycles. The highest BCUT2D eigenvalue weighted by Crippen LogP contribution is 2.21. The summed E-state index contributed by atoms with van der Waals surface area (Å²) in [6.45, 7) is 5.86. The molecule has 0 bridgehead atoms. The van der Waals surface area contributed by atoms with E-state index in [9.17, 15) is 14.7 Å². The molecule has 1 aliphatic rings. The van der Waals surface area contributed by atoms with Gasteiger partial charge in [-0.2, -0.15) is 0 Å². The number of carbonyl (C=O) groups excluding carboxylic acids is 1. The standard InChI is InChI=1S/C23H28N4O3/c1-2-11-26-20-8-3-4-9-21(20)27(23(26)30)12-10-22(29)25-15-13-24(14-16-25)18-6-5-7-19(28)17-18/h3-9,17,28H,2,10-16H2,1H3. The van der Waals surface area contributed by atoms with Crippen LogP contribution in [-0.4, -0.2) is 51.2 Å². The van der Waals surface area contributed by atoms with Crippen molar-refractivity contribution >= 4 is 22.6 Å². The Hall–Kier alpha value is -3.22. The molecule has 1 aromatic heterocycles. The van der Waals surface area contributed by atoms with Crippen LogP contribution in [0.1, 0.15) is 19.8 Å². The van der Waals surface area contributed by atoms with Crippen molar-refractivity contribution in [2.24, 2.45) is 0 Å². The molecule has 1 amide bonds. The van der Waals surface area contributed by atoms with Crippen LogP contribution < -0.4 is 10.6 Å². The summed E-state index contributed by atoms with van der Waals surface area (Å²) in [4.78, 5) is 29.7. The van der Waals surface area contributed by atoms with Crippen molar-refractivity contribution in [3.05, 3.63) is 59.0 Å². The van der Waals surface area contributed by atoms with Gasteiger partial charge < -0.3 is 14.9 Å². The molecule has 7 nitrogen and oxygen atoms in total. The van der Waals surface area contributed by atoms with Crippen LogP contribution in [-0.2, 0) is 17.9 Å². The summed E-state index contributed by atoms with van der Waals surface area (Å²) < 4.78 is 3.53. The summed E-state index contributed by atoms with van der Waals surface area (Å²) in [5.41, 5.74) is 2.74. The van der Waals surface area contributed by atoms with Gasteiger partial charge in [-0.25, -0.2) is 4.79 Å². The molecule has 1 saturated heterocycles. The van der Waals surface area contributed by atoms with Crippen LogP contribution in [0.2, 0.25) is 0 Å². The van der Waals surface area contributed by atoms with Crippen LogP contribution in [0, 0.1) is 0 Å². The molecule has 1 aliphatic heterocycles. The normalized spacial score (nSPS) is 14.4. The second-order valence-electron chi connectivity index (χ2n) is 7.71. The molecule has 0 aliphatic carbocycles. The average molecular weight is 409 g/mol. The minimum atomic E-state index is -0.0421. The Morgan fingerprint density at radius 2 is 1.60 bits per heavy atom. The van der Waals surface area contributed by atoms with Crippen molar-refractivity contribution < 1.29 is 9.90 Å². The zero-order valence-electron chi connectivity index (χ0n) is 17.3. The van der Waals surface area contributed by atoms with Crippen molar-refractivity contribution in [3.63, 3.8) is 0 Å². The van der Waals surface area contributed by atoms with E-state index in [0.29, 0.717) is 32.6 Å². The molecule has 0 unspecified atom stereocenters. The molecule has 1 N–H and O–H groups in total. The van der Waals surface area contributed by atoms with Gasteiger partial charge in [0.05, 0.1) is 11.0 Å². The molecule has 2 aromatic carbocycles. The van der Waals surface area contributed by atoms with Gasteiger partial charge in [-0.15, -0.1) is 0 Å². The Kier molecular flexibility index (Phi) is 5.79. The number of amides is 1. The van der Waals surface area contributed by atoms with Gasteiger partial charge in [0.1, 0.15) is 5.75 Å². The van der Waals surface area contributed by atoms with Gasteiger partial charge in [0.25, 0.3) is 0 Å². The number of nitrogens with zero attached hydrogens (tertiary/aromatic N) is 4. The Labute approximate surface area is 175 Å². The van der Waals surface area contributed by atoms with Crippen LogP contribution in [0.3, 0.4) is 0 Å². The van der Waals surface area contributed by atoms with Gasteiger partial charge in [0, 0.05) is 57.4 Å². The Bertz CT molecular complexity index is 1090. The highest BCUT2D eigenvalue weighted by molar-refractivity contribution is 5.78. The lowest BCUT2D eigenvalue weighted by atomic mass is 10.2. The smallest absolute Gasteiger partial charge is 0.329 e. The van der Waals surface area contributed by atoms with Crippen molar-refractivity contribution in [2.45, 2.75) is 32.9 Å². The van der Waals surface area contributed by atoms with E-state index in [1.54, 1.807) is 21.3 Å². The number of hydrogen-bond acceptors (Lipinski definition) is 4. The van der Waals surface area contributed by atoms with E-state index in [2.05, 4.69) is 11.8 Å². The van der Waals surface area contributed by atoms with Crippen molar-refractivity contribution in [3.8, 4) is 5.75 Å². The van der Waals surface area contributed by atoms with Gasteiger partial charge in [-0.1, -0.05) is 25.1 Å². The summed E-state index contributed by atoms with van der Waals surface area (Å²) in [7, 11) is 0. The molecule has 0 radical (unpaired) electrons. The largest absolute Gasteiger partial charge is 0.508 e. The van der Waals surface area contributed by atoms with E-state index in [1.807, 2.05) is 41.3 Å². The topological polar surface area (TPSA) is 70.7 Å². The zero-order chi connectivity index (χ0) is 21.1. The summed E-state index contributed by atoms with van der Waals surface area (Å²) in [5.74, 6) is 0.323. The fraction of sp³-hybridized carbons (Fsp3) is 0.391. The van der Waals surface area contributed by atoms with E-state index in [1.165, 1.54) is 0 Å². The third-order valence-electron chi connectivity index (χ3n) is 5.75. The molecule has 30 heavy (non-hydrogen) atoms. The minimum Gasteiger partial charge on any atom is -0.508 e. The van der Waals surface area contributed by atoms with Gasteiger partial charge in [-0.3, -0.25) is 13.9 Å². The highest BCUT2D eigenvalue weighted by atomic mass is 16.3.